The van der Waals surface area contributed by atoms with Crippen molar-refractivity contribution in [2.45, 2.75) is 19.4 Å². The van der Waals surface area contributed by atoms with Crippen molar-refractivity contribution < 1.29 is 13.9 Å². The Balaban J connectivity index is 1.92. The van der Waals surface area contributed by atoms with Gasteiger partial charge in [0.05, 0.1) is 19.3 Å². The molecule has 1 aliphatic rings. The van der Waals surface area contributed by atoms with Crippen LogP contribution in [0.2, 0.25) is 0 Å². The maximum atomic E-state index is 11.2. The maximum absolute atomic E-state index is 11.2. The molecule has 0 spiro atoms. The first kappa shape index (κ1) is 12.9. The Morgan fingerprint density at radius 3 is 3.20 bits per heavy atom. The standard InChI is InChI=1S/C14H17N3O3/c1-9-2-3-12-11(6-9)16-14(20-12)17-4-5-19-8-10(17)7-13(15)18/h2-3,6,10H,4-5,7-8H2,1H3,(H2,15,18). The van der Waals surface area contributed by atoms with E-state index in [1.54, 1.807) is 0 Å². The van der Waals surface area contributed by atoms with Crippen LogP contribution in [0.15, 0.2) is 22.6 Å². The Hall–Kier alpha value is -2.08. The molecule has 106 valence electrons. The summed E-state index contributed by atoms with van der Waals surface area (Å²) < 4.78 is 11.2. The lowest BCUT2D eigenvalue weighted by atomic mass is 10.1. The lowest BCUT2D eigenvalue weighted by Crippen LogP contribution is -2.47. The van der Waals surface area contributed by atoms with Gasteiger partial charge in [0.2, 0.25) is 5.91 Å². The summed E-state index contributed by atoms with van der Waals surface area (Å²) in [5, 5.41) is 0. The molecule has 1 fully saturated rings. The summed E-state index contributed by atoms with van der Waals surface area (Å²) >= 11 is 0. The van der Waals surface area contributed by atoms with Crippen LogP contribution in [-0.2, 0) is 9.53 Å². The molecule has 2 heterocycles. The number of aryl methyl sites for hydroxylation is 1. The molecule has 6 nitrogen and oxygen atoms in total. The van der Waals surface area contributed by atoms with E-state index in [-0.39, 0.29) is 18.4 Å². The van der Waals surface area contributed by atoms with Crippen molar-refractivity contribution in [3.05, 3.63) is 23.8 Å². The molecule has 0 saturated carbocycles. The van der Waals surface area contributed by atoms with Crippen LogP contribution in [-0.4, -0.2) is 36.7 Å². The molecular formula is C14H17N3O3. The quantitative estimate of drug-likeness (QED) is 0.910. The monoisotopic (exact) mass is 275 g/mol. The predicted octanol–water partition coefficient (Wildman–Crippen LogP) is 1.22. The van der Waals surface area contributed by atoms with E-state index in [4.69, 9.17) is 14.9 Å². The van der Waals surface area contributed by atoms with Gasteiger partial charge in [0.15, 0.2) is 5.58 Å². The molecule has 1 amide bonds. The highest BCUT2D eigenvalue weighted by atomic mass is 16.5. The number of amides is 1. The first-order valence-electron chi connectivity index (χ1n) is 6.63. The zero-order valence-electron chi connectivity index (χ0n) is 11.3. The van der Waals surface area contributed by atoms with Gasteiger partial charge in [-0.1, -0.05) is 6.07 Å². The summed E-state index contributed by atoms with van der Waals surface area (Å²) in [7, 11) is 0. The number of nitrogens with zero attached hydrogens (tertiary/aromatic N) is 2. The predicted molar refractivity (Wildman–Crippen MR) is 74.5 cm³/mol. The van der Waals surface area contributed by atoms with Gasteiger partial charge in [-0.15, -0.1) is 0 Å². The van der Waals surface area contributed by atoms with Crippen molar-refractivity contribution in [3.63, 3.8) is 0 Å². The van der Waals surface area contributed by atoms with E-state index in [1.165, 1.54) is 0 Å². The van der Waals surface area contributed by atoms with Crippen LogP contribution >= 0.6 is 0 Å². The van der Waals surface area contributed by atoms with E-state index in [2.05, 4.69) is 4.98 Å². The van der Waals surface area contributed by atoms with Crippen LogP contribution in [0.4, 0.5) is 6.01 Å². The van der Waals surface area contributed by atoms with E-state index < -0.39 is 0 Å². The van der Waals surface area contributed by atoms with E-state index >= 15 is 0 Å². The Labute approximate surface area is 116 Å². The van der Waals surface area contributed by atoms with Gasteiger partial charge >= 0.3 is 0 Å². The number of nitrogens with two attached hydrogens (primary N) is 1. The van der Waals surface area contributed by atoms with E-state index in [0.29, 0.717) is 25.8 Å². The fourth-order valence-corrected chi connectivity index (χ4v) is 2.46. The molecule has 6 heteroatoms. The van der Waals surface area contributed by atoms with Crippen LogP contribution in [0.1, 0.15) is 12.0 Å². The summed E-state index contributed by atoms with van der Waals surface area (Å²) in [6, 6.07) is 6.28. The number of hydrogen-bond donors (Lipinski definition) is 1. The highest BCUT2D eigenvalue weighted by Gasteiger charge is 2.28. The third-order valence-corrected chi connectivity index (χ3v) is 3.44. The lowest BCUT2D eigenvalue weighted by Gasteiger charge is -2.33. The SMILES string of the molecule is Cc1ccc2oc(N3CCOCC3CC(N)=O)nc2c1. The van der Waals surface area contributed by atoms with Crippen LogP contribution in [0, 0.1) is 6.92 Å². The van der Waals surface area contributed by atoms with Gasteiger partial charge in [0.25, 0.3) is 6.01 Å². The third-order valence-electron chi connectivity index (χ3n) is 3.44. The number of benzene rings is 1. The van der Waals surface area contributed by atoms with Crippen molar-refractivity contribution in [3.8, 4) is 0 Å². The molecule has 1 aromatic heterocycles. The van der Waals surface area contributed by atoms with Crippen LogP contribution in [0.5, 0.6) is 0 Å². The zero-order valence-corrected chi connectivity index (χ0v) is 11.3. The molecule has 3 rings (SSSR count). The van der Waals surface area contributed by atoms with Crippen molar-refractivity contribution in [1.82, 2.24) is 4.98 Å². The van der Waals surface area contributed by atoms with Gasteiger partial charge in [-0.05, 0) is 24.6 Å². The average Bonchev–Trinajstić information content (AvgIpc) is 2.81. The largest absolute Gasteiger partial charge is 0.423 e. The minimum Gasteiger partial charge on any atom is -0.423 e. The molecule has 0 radical (unpaired) electrons. The second-order valence-electron chi connectivity index (χ2n) is 5.06. The van der Waals surface area contributed by atoms with Gasteiger partial charge in [-0.3, -0.25) is 4.79 Å². The van der Waals surface area contributed by atoms with Gasteiger partial charge in [0.1, 0.15) is 5.52 Å². The molecule has 2 aromatic rings. The van der Waals surface area contributed by atoms with Crippen molar-refractivity contribution in [2.24, 2.45) is 5.73 Å². The van der Waals surface area contributed by atoms with Crippen LogP contribution in [0.3, 0.4) is 0 Å². The number of aromatic nitrogens is 1. The minimum atomic E-state index is -0.350. The van der Waals surface area contributed by atoms with Gasteiger partial charge in [-0.25, -0.2) is 0 Å². The average molecular weight is 275 g/mol. The number of carbonyl (C=O) groups is 1. The Bertz CT molecular complexity index is 638. The maximum Gasteiger partial charge on any atom is 0.298 e. The smallest absolute Gasteiger partial charge is 0.298 e. The van der Waals surface area contributed by atoms with Gasteiger partial charge < -0.3 is 19.8 Å². The number of fused-ring (bicyclic) bond motifs is 1. The number of anilines is 1. The minimum absolute atomic E-state index is 0.115. The van der Waals surface area contributed by atoms with Gasteiger partial charge in [-0.2, -0.15) is 4.98 Å². The molecule has 1 atom stereocenters. The van der Waals surface area contributed by atoms with Crippen molar-refractivity contribution >= 4 is 23.0 Å². The van der Waals surface area contributed by atoms with Gasteiger partial charge in [0, 0.05) is 13.0 Å². The topological polar surface area (TPSA) is 81.6 Å². The summed E-state index contributed by atoms with van der Waals surface area (Å²) in [5.41, 5.74) is 7.99. The number of carbonyl (C=O) groups excluding carboxylic acids is 1. The summed E-state index contributed by atoms with van der Waals surface area (Å²) in [4.78, 5) is 17.6. The molecule has 1 saturated heterocycles. The number of ether oxygens (including phenoxy) is 1. The third kappa shape index (κ3) is 2.46. The highest BCUT2D eigenvalue weighted by Crippen LogP contribution is 2.26. The lowest BCUT2D eigenvalue weighted by molar-refractivity contribution is -0.118. The Morgan fingerprint density at radius 1 is 1.55 bits per heavy atom. The van der Waals surface area contributed by atoms with Crippen molar-refractivity contribution in [2.75, 3.05) is 24.7 Å². The molecule has 1 aliphatic heterocycles. The summed E-state index contributed by atoms with van der Waals surface area (Å²) in [6.07, 6.45) is 0.234. The number of hydrogen-bond acceptors (Lipinski definition) is 5. The number of morpholine rings is 1. The fourth-order valence-electron chi connectivity index (χ4n) is 2.46. The summed E-state index contributed by atoms with van der Waals surface area (Å²) in [5.74, 6) is -0.350. The number of rotatable bonds is 3. The molecule has 20 heavy (non-hydrogen) atoms. The summed E-state index contributed by atoms with van der Waals surface area (Å²) in [6.45, 7) is 3.70. The first-order chi connectivity index (χ1) is 9.63. The molecule has 2 N–H and O–H groups in total. The van der Waals surface area contributed by atoms with E-state index in [0.717, 1.165) is 16.7 Å². The molecular weight excluding hydrogens is 258 g/mol. The number of primary amides is 1. The molecule has 0 aliphatic carbocycles. The fraction of sp³-hybridized carbons (Fsp3) is 0.429. The second-order valence-corrected chi connectivity index (χ2v) is 5.06. The normalized spacial score (nSPS) is 19.4. The molecule has 1 aromatic carbocycles. The van der Waals surface area contributed by atoms with Crippen LogP contribution in [0.25, 0.3) is 11.1 Å². The van der Waals surface area contributed by atoms with E-state index in [1.807, 2.05) is 30.0 Å². The first-order valence-corrected chi connectivity index (χ1v) is 6.63. The van der Waals surface area contributed by atoms with Crippen LogP contribution < -0.4 is 10.6 Å². The zero-order chi connectivity index (χ0) is 14.1. The van der Waals surface area contributed by atoms with Crippen molar-refractivity contribution in [1.29, 1.82) is 0 Å². The molecule has 1 unspecified atom stereocenters. The molecule has 0 bridgehead atoms. The number of oxazole rings is 1. The Kier molecular flexibility index (Phi) is 3.31. The van der Waals surface area contributed by atoms with E-state index in [9.17, 15) is 4.79 Å². The second kappa shape index (κ2) is 5.13. The highest BCUT2D eigenvalue weighted by molar-refractivity contribution is 5.76. The Morgan fingerprint density at radius 2 is 2.40 bits per heavy atom.